The van der Waals surface area contributed by atoms with Gasteiger partial charge in [0.1, 0.15) is 0 Å². The van der Waals surface area contributed by atoms with Gasteiger partial charge in [-0.15, -0.1) is 0 Å². The van der Waals surface area contributed by atoms with Gasteiger partial charge in [0.25, 0.3) is 0 Å². The second-order valence-electron chi connectivity index (χ2n) is 6.25. The Balaban J connectivity index is 2.52. The second kappa shape index (κ2) is 7.98. The van der Waals surface area contributed by atoms with Crippen molar-refractivity contribution in [3.05, 3.63) is 82.8 Å². The normalized spacial score (nSPS) is 12.7. The zero-order valence-corrected chi connectivity index (χ0v) is 16.6. The first kappa shape index (κ1) is 18.0. The average molecular weight is 369 g/mol. The standard InChI is InChI=1S/C21H28GeO/c1-4-22(5-2,6-3)18-17-21(23,19-13-9-7-10-14-19)20-15-11-8-12-16-20/h7-18,23H,4-6H2,1-3H3/b18-17+. The first-order valence-corrected chi connectivity index (χ1v) is 14.3. The Kier molecular flexibility index (Phi) is 6.26. The summed E-state index contributed by atoms with van der Waals surface area (Å²) >= 11 is -1.99. The van der Waals surface area contributed by atoms with Crippen molar-refractivity contribution in [1.82, 2.24) is 0 Å². The van der Waals surface area contributed by atoms with E-state index in [0.717, 1.165) is 11.1 Å². The number of benzene rings is 2. The van der Waals surface area contributed by atoms with E-state index in [1.807, 2.05) is 60.7 Å². The molecule has 0 aromatic heterocycles. The summed E-state index contributed by atoms with van der Waals surface area (Å²) in [5.41, 5.74) is 0.822. The fraction of sp³-hybridized carbons (Fsp3) is 0.333. The Morgan fingerprint density at radius 3 is 1.52 bits per heavy atom. The Morgan fingerprint density at radius 2 is 1.17 bits per heavy atom. The molecule has 0 aliphatic carbocycles. The van der Waals surface area contributed by atoms with E-state index >= 15 is 0 Å². The molecule has 0 unspecified atom stereocenters. The van der Waals surface area contributed by atoms with Gasteiger partial charge < -0.3 is 0 Å². The van der Waals surface area contributed by atoms with Crippen molar-refractivity contribution < 1.29 is 5.11 Å². The van der Waals surface area contributed by atoms with Gasteiger partial charge in [0.05, 0.1) is 0 Å². The Morgan fingerprint density at radius 1 is 0.783 bits per heavy atom. The molecule has 2 aromatic rings. The molecule has 0 aliphatic heterocycles. The van der Waals surface area contributed by atoms with Crippen LogP contribution in [0.4, 0.5) is 0 Å². The van der Waals surface area contributed by atoms with E-state index in [0.29, 0.717) is 0 Å². The van der Waals surface area contributed by atoms with Gasteiger partial charge in [-0.05, 0) is 0 Å². The second-order valence-corrected chi connectivity index (χ2v) is 17.1. The van der Waals surface area contributed by atoms with Crippen LogP contribution < -0.4 is 0 Å². The first-order valence-electron chi connectivity index (χ1n) is 8.64. The summed E-state index contributed by atoms with van der Waals surface area (Å²) in [6.07, 6.45) is 2.08. The van der Waals surface area contributed by atoms with E-state index in [2.05, 4.69) is 31.8 Å². The summed E-state index contributed by atoms with van der Waals surface area (Å²) in [7, 11) is 0. The van der Waals surface area contributed by atoms with E-state index in [9.17, 15) is 5.11 Å². The van der Waals surface area contributed by atoms with Crippen molar-refractivity contribution in [3.8, 4) is 0 Å². The monoisotopic (exact) mass is 370 g/mol. The van der Waals surface area contributed by atoms with Crippen LogP contribution in [0.2, 0.25) is 15.8 Å². The van der Waals surface area contributed by atoms with Crippen molar-refractivity contribution in [1.29, 1.82) is 0 Å². The molecule has 0 aliphatic rings. The average Bonchev–Trinajstić information content (AvgIpc) is 2.64. The van der Waals surface area contributed by atoms with E-state index in [1.54, 1.807) is 0 Å². The Labute approximate surface area is 143 Å². The minimum atomic E-state index is -1.99. The molecule has 2 aromatic carbocycles. The molecule has 0 atom stereocenters. The van der Waals surface area contributed by atoms with Crippen LogP contribution in [0, 0.1) is 0 Å². The third-order valence-corrected chi connectivity index (χ3v) is 15.9. The topological polar surface area (TPSA) is 20.2 Å². The molecule has 0 spiro atoms. The van der Waals surface area contributed by atoms with Crippen molar-refractivity contribution in [2.45, 2.75) is 42.1 Å². The van der Waals surface area contributed by atoms with Gasteiger partial charge in [0.2, 0.25) is 0 Å². The molecule has 0 radical (unpaired) electrons. The van der Waals surface area contributed by atoms with Gasteiger partial charge in [-0.25, -0.2) is 0 Å². The third-order valence-electron chi connectivity index (χ3n) is 5.22. The molecule has 1 nitrogen and oxygen atoms in total. The van der Waals surface area contributed by atoms with Gasteiger partial charge >= 0.3 is 143 Å². The van der Waals surface area contributed by atoms with Gasteiger partial charge in [0.15, 0.2) is 0 Å². The van der Waals surface area contributed by atoms with Gasteiger partial charge in [-0.3, -0.25) is 0 Å². The molecule has 0 fully saturated rings. The summed E-state index contributed by atoms with van der Waals surface area (Å²) in [5.74, 6) is 0. The molecule has 0 saturated heterocycles. The van der Waals surface area contributed by atoms with Crippen molar-refractivity contribution in [3.63, 3.8) is 0 Å². The summed E-state index contributed by atoms with van der Waals surface area (Å²) in [4.78, 5) is 2.42. The fourth-order valence-corrected chi connectivity index (χ4v) is 9.02. The summed E-state index contributed by atoms with van der Waals surface area (Å²) in [6.45, 7) is 6.92. The molecular formula is C21H28GeO. The molecule has 1 N–H and O–H groups in total. The van der Waals surface area contributed by atoms with Gasteiger partial charge in [0, 0.05) is 0 Å². The number of rotatable bonds is 7. The van der Waals surface area contributed by atoms with Crippen LogP contribution in [-0.2, 0) is 5.60 Å². The van der Waals surface area contributed by atoms with Crippen LogP contribution in [0.3, 0.4) is 0 Å². The molecule has 0 bridgehead atoms. The Bertz CT molecular complexity index is 567. The van der Waals surface area contributed by atoms with E-state index in [4.69, 9.17) is 0 Å². The zero-order chi connectivity index (χ0) is 16.8. The van der Waals surface area contributed by atoms with Crippen molar-refractivity contribution >= 4 is 13.3 Å². The first-order chi connectivity index (χ1) is 11.1. The summed E-state index contributed by atoms with van der Waals surface area (Å²) in [6, 6.07) is 20.0. The van der Waals surface area contributed by atoms with Crippen molar-refractivity contribution in [2.24, 2.45) is 0 Å². The molecule has 0 saturated carbocycles. The van der Waals surface area contributed by atoms with Gasteiger partial charge in [-0.1, -0.05) is 0 Å². The van der Waals surface area contributed by atoms with Crippen LogP contribution in [-0.4, -0.2) is 18.4 Å². The van der Waals surface area contributed by atoms with Crippen LogP contribution in [0.25, 0.3) is 0 Å². The maximum atomic E-state index is 11.5. The molecule has 2 heteroatoms. The number of hydrogen-bond donors (Lipinski definition) is 1. The summed E-state index contributed by atoms with van der Waals surface area (Å²) in [5, 5.41) is 15.3. The van der Waals surface area contributed by atoms with E-state index in [-0.39, 0.29) is 0 Å². The SMILES string of the molecule is C[CH2][Ge](/[CH]=C/C(O)(c1ccccc1)c1ccccc1)([CH2]C)[CH2]C. The molecule has 0 amide bonds. The number of aliphatic hydroxyl groups is 1. The zero-order valence-electron chi connectivity index (χ0n) is 14.5. The molecule has 2 rings (SSSR count). The fourth-order valence-electron chi connectivity index (χ4n) is 3.14. The minimum absolute atomic E-state index is 0.932. The molecular weight excluding hydrogens is 341 g/mol. The third kappa shape index (κ3) is 3.96. The number of hydrogen-bond acceptors (Lipinski definition) is 1. The van der Waals surface area contributed by atoms with Crippen molar-refractivity contribution in [2.75, 3.05) is 0 Å². The molecule has 23 heavy (non-hydrogen) atoms. The predicted octanol–water partition coefficient (Wildman–Crippen LogP) is 5.53. The van der Waals surface area contributed by atoms with Crippen LogP contribution in [0.1, 0.15) is 31.9 Å². The summed E-state index contributed by atoms with van der Waals surface area (Å²) < 4.78 is 0. The predicted molar refractivity (Wildman–Crippen MR) is 102 cm³/mol. The molecule has 122 valence electrons. The molecule has 0 heterocycles. The van der Waals surface area contributed by atoms with E-state index < -0.39 is 18.9 Å². The maximum absolute atomic E-state index is 11.5. The van der Waals surface area contributed by atoms with Crippen LogP contribution >= 0.6 is 0 Å². The van der Waals surface area contributed by atoms with Gasteiger partial charge in [-0.2, -0.15) is 0 Å². The van der Waals surface area contributed by atoms with Crippen LogP contribution in [0.15, 0.2) is 71.6 Å². The van der Waals surface area contributed by atoms with E-state index in [1.165, 1.54) is 15.8 Å². The van der Waals surface area contributed by atoms with Crippen LogP contribution in [0.5, 0.6) is 0 Å². The Hall–Kier alpha value is -1.32. The quantitative estimate of drug-likeness (QED) is 0.637.